The van der Waals surface area contributed by atoms with Crippen LogP contribution in [0.15, 0.2) is 12.7 Å². The van der Waals surface area contributed by atoms with E-state index in [0.29, 0.717) is 0 Å². The Kier molecular flexibility index (Phi) is 12.8. The summed E-state index contributed by atoms with van der Waals surface area (Å²) in [5.41, 5.74) is 0. The molecule has 0 radical (unpaired) electrons. The molecule has 0 bridgehead atoms. The molecule has 0 aromatic rings. The highest BCUT2D eigenvalue weighted by Crippen LogP contribution is 2.11. The molecule has 0 unspecified atom stereocenters. The molecule has 0 atom stereocenters. The van der Waals surface area contributed by atoms with Gasteiger partial charge in [0, 0.05) is 14.2 Å². The van der Waals surface area contributed by atoms with E-state index in [1.54, 1.807) is 14.2 Å². The molecular formula is C13H28O2Si. The predicted molar refractivity (Wildman–Crippen MR) is 73.1 cm³/mol. The Hall–Kier alpha value is -0.123. The maximum Gasteiger partial charge on any atom is 0.320 e. The van der Waals surface area contributed by atoms with Crippen molar-refractivity contribution in [2.45, 2.75) is 57.4 Å². The van der Waals surface area contributed by atoms with Gasteiger partial charge >= 0.3 is 9.28 Å². The van der Waals surface area contributed by atoms with Gasteiger partial charge in [0.2, 0.25) is 0 Å². The van der Waals surface area contributed by atoms with Crippen molar-refractivity contribution in [3.63, 3.8) is 0 Å². The average molecular weight is 244 g/mol. The third kappa shape index (κ3) is 10.4. The highest BCUT2D eigenvalue weighted by atomic mass is 28.3. The van der Waals surface area contributed by atoms with Crippen LogP contribution in [0.5, 0.6) is 0 Å². The maximum atomic E-state index is 5.28. The Bertz CT molecular complexity index is 147. The van der Waals surface area contributed by atoms with Crippen LogP contribution < -0.4 is 0 Å². The summed E-state index contributed by atoms with van der Waals surface area (Å²) in [6.45, 7) is 3.73. The fraction of sp³-hybridized carbons (Fsp3) is 0.846. The van der Waals surface area contributed by atoms with Crippen molar-refractivity contribution in [1.29, 1.82) is 0 Å². The van der Waals surface area contributed by atoms with E-state index in [9.17, 15) is 0 Å². The van der Waals surface area contributed by atoms with Crippen LogP contribution in [-0.4, -0.2) is 23.5 Å². The molecular weight excluding hydrogens is 216 g/mol. The summed E-state index contributed by atoms with van der Waals surface area (Å²) < 4.78 is 10.6. The fourth-order valence-electron chi connectivity index (χ4n) is 1.82. The molecule has 0 amide bonds. The minimum Gasteiger partial charge on any atom is -0.400 e. The summed E-state index contributed by atoms with van der Waals surface area (Å²) in [5.74, 6) is 0. The zero-order valence-electron chi connectivity index (χ0n) is 11.0. The molecule has 0 heterocycles. The molecule has 0 fully saturated rings. The summed E-state index contributed by atoms with van der Waals surface area (Å²) in [6.07, 6.45) is 12.6. The van der Waals surface area contributed by atoms with E-state index < -0.39 is 9.28 Å². The number of unbranched alkanes of at least 4 members (excludes halogenated alkanes) is 7. The molecule has 0 aromatic heterocycles. The average Bonchev–Trinajstić information content (AvgIpc) is 2.32. The van der Waals surface area contributed by atoms with E-state index in [2.05, 4.69) is 6.58 Å². The highest BCUT2D eigenvalue weighted by Gasteiger charge is 2.07. The van der Waals surface area contributed by atoms with E-state index in [4.69, 9.17) is 8.85 Å². The van der Waals surface area contributed by atoms with Gasteiger partial charge in [-0.3, -0.25) is 0 Å². The molecule has 0 spiro atoms. The largest absolute Gasteiger partial charge is 0.400 e. The van der Waals surface area contributed by atoms with Crippen LogP contribution in [0.2, 0.25) is 6.04 Å². The fourth-order valence-corrected chi connectivity index (χ4v) is 3.10. The smallest absolute Gasteiger partial charge is 0.320 e. The number of allylic oxidation sites excluding steroid dienone is 1. The maximum absolute atomic E-state index is 5.28. The molecule has 0 saturated carbocycles. The minimum atomic E-state index is -1.28. The van der Waals surface area contributed by atoms with Gasteiger partial charge in [-0.15, -0.1) is 6.58 Å². The lowest BCUT2D eigenvalue weighted by molar-refractivity contribution is 0.276. The molecule has 2 nitrogen and oxygen atoms in total. The molecule has 0 aliphatic rings. The van der Waals surface area contributed by atoms with Crippen molar-refractivity contribution >= 4 is 9.28 Å². The number of rotatable bonds is 12. The van der Waals surface area contributed by atoms with Gasteiger partial charge < -0.3 is 8.85 Å². The highest BCUT2D eigenvalue weighted by molar-refractivity contribution is 6.44. The van der Waals surface area contributed by atoms with Gasteiger partial charge in [0.1, 0.15) is 0 Å². The van der Waals surface area contributed by atoms with Gasteiger partial charge in [-0.25, -0.2) is 0 Å². The van der Waals surface area contributed by atoms with Crippen molar-refractivity contribution in [2.24, 2.45) is 0 Å². The summed E-state index contributed by atoms with van der Waals surface area (Å²) in [6, 6.07) is 1.16. The third-order valence-electron chi connectivity index (χ3n) is 2.87. The molecule has 0 aliphatic heterocycles. The van der Waals surface area contributed by atoms with Crippen LogP contribution in [0, 0.1) is 0 Å². The Balaban J connectivity index is 3.06. The molecule has 16 heavy (non-hydrogen) atoms. The first-order valence-electron chi connectivity index (χ1n) is 6.51. The van der Waals surface area contributed by atoms with Gasteiger partial charge in [-0.1, -0.05) is 44.6 Å². The van der Waals surface area contributed by atoms with Crippen molar-refractivity contribution in [3.8, 4) is 0 Å². The Morgan fingerprint density at radius 1 is 0.875 bits per heavy atom. The van der Waals surface area contributed by atoms with E-state index in [-0.39, 0.29) is 0 Å². The Morgan fingerprint density at radius 2 is 1.38 bits per heavy atom. The zero-order chi connectivity index (χ0) is 12.1. The summed E-state index contributed by atoms with van der Waals surface area (Å²) in [4.78, 5) is 0. The molecule has 0 aromatic carbocycles. The first-order valence-corrected chi connectivity index (χ1v) is 8.27. The number of hydrogen-bond acceptors (Lipinski definition) is 2. The first kappa shape index (κ1) is 15.9. The normalized spacial score (nSPS) is 10.9. The number of hydrogen-bond donors (Lipinski definition) is 0. The molecule has 0 aliphatic carbocycles. The Morgan fingerprint density at radius 3 is 1.88 bits per heavy atom. The van der Waals surface area contributed by atoms with Crippen molar-refractivity contribution in [1.82, 2.24) is 0 Å². The van der Waals surface area contributed by atoms with Gasteiger partial charge in [0.05, 0.1) is 0 Å². The third-order valence-corrected chi connectivity index (χ3v) is 4.81. The minimum absolute atomic E-state index is 1.16. The molecule has 0 rings (SSSR count). The second kappa shape index (κ2) is 12.9. The second-order valence-corrected chi connectivity index (χ2v) is 6.62. The molecule has 96 valence electrons. The topological polar surface area (TPSA) is 18.5 Å². The van der Waals surface area contributed by atoms with Gasteiger partial charge in [0.15, 0.2) is 0 Å². The standard InChI is InChI=1S/C13H28O2Si/c1-4-5-6-7-8-9-10-11-12-13-16(14-2)15-3/h4,16H,1,5-13H2,2-3H3. The van der Waals surface area contributed by atoms with E-state index >= 15 is 0 Å². The van der Waals surface area contributed by atoms with Gasteiger partial charge in [-0.05, 0) is 18.9 Å². The second-order valence-electron chi connectivity index (χ2n) is 4.24. The lowest BCUT2D eigenvalue weighted by Gasteiger charge is -2.09. The lowest BCUT2D eigenvalue weighted by atomic mass is 10.1. The summed E-state index contributed by atoms with van der Waals surface area (Å²) in [5, 5.41) is 0. The lowest BCUT2D eigenvalue weighted by Crippen LogP contribution is -2.18. The SMILES string of the molecule is C=CCCCCCCCCC[SiH](OC)OC. The van der Waals surface area contributed by atoms with Crippen LogP contribution in [0.25, 0.3) is 0 Å². The van der Waals surface area contributed by atoms with E-state index in [1.165, 1.54) is 51.4 Å². The van der Waals surface area contributed by atoms with Crippen LogP contribution >= 0.6 is 0 Å². The summed E-state index contributed by atoms with van der Waals surface area (Å²) in [7, 11) is 2.25. The Labute approximate surface area is 103 Å². The van der Waals surface area contributed by atoms with Gasteiger partial charge in [0.25, 0.3) is 0 Å². The van der Waals surface area contributed by atoms with E-state index in [1.807, 2.05) is 6.08 Å². The molecule has 0 N–H and O–H groups in total. The van der Waals surface area contributed by atoms with Gasteiger partial charge in [-0.2, -0.15) is 0 Å². The molecule has 0 saturated heterocycles. The molecule has 3 heteroatoms. The van der Waals surface area contributed by atoms with Crippen LogP contribution in [0.4, 0.5) is 0 Å². The van der Waals surface area contributed by atoms with Crippen LogP contribution in [0.1, 0.15) is 51.4 Å². The van der Waals surface area contributed by atoms with Crippen molar-refractivity contribution in [2.75, 3.05) is 14.2 Å². The van der Waals surface area contributed by atoms with E-state index in [0.717, 1.165) is 6.04 Å². The zero-order valence-corrected chi connectivity index (χ0v) is 12.2. The quantitative estimate of drug-likeness (QED) is 0.295. The predicted octanol–water partition coefficient (Wildman–Crippen LogP) is 3.81. The first-order chi connectivity index (χ1) is 7.85. The van der Waals surface area contributed by atoms with Crippen molar-refractivity contribution < 1.29 is 8.85 Å². The van der Waals surface area contributed by atoms with Crippen LogP contribution in [0.3, 0.4) is 0 Å². The van der Waals surface area contributed by atoms with Crippen LogP contribution in [-0.2, 0) is 8.85 Å². The van der Waals surface area contributed by atoms with Crippen molar-refractivity contribution in [3.05, 3.63) is 12.7 Å². The monoisotopic (exact) mass is 244 g/mol. The summed E-state index contributed by atoms with van der Waals surface area (Å²) >= 11 is 0.